The Morgan fingerprint density at radius 1 is 1.23 bits per heavy atom. The van der Waals surface area contributed by atoms with Gasteiger partial charge in [0.15, 0.2) is 0 Å². The minimum atomic E-state index is -1.04. The molecule has 0 amide bonds. The first-order valence-electron chi connectivity index (χ1n) is 7.80. The molecular formula is C16H22O6. The molecule has 0 saturated heterocycles. The van der Waals surface area contributed by atoms with Crippen molar-refractivity contribution in [2.45, 2.75) is 45.6 Å². The minimum Gasteiger partial charge on any atom is -0.481 e. The summed E-state index contributed by atoms with van der Waals surface area (Å²) < 4.78 is 5.42. The third-order valence-corrected chi connectivity index (χ3v) is 6.74. The SMILES string of the molecule is CC1(C)C2CC3C(C(=O)O)C(C(=O)O)CCC3(C2)C1OC=O. The van der Waals surface area contributed by atoms with Gasteiger partial charge in [-0.25, -0.2) is 0 Å². The van der Waals surface area contributed by atoms with Crippen molar-refractivity contribution >= 4 is 18.4 Å². The molecule has 6 heteroatoms. The van der Waals surface area contributed by atoms with Crippen molar-refractivity contribution < 1.29 is 29.3 Å². The van der Waals surface area contributed by atoms with Crippen LogP contribution in [0.4, 0.5) is 0 Å². The lowest BCUT2D eigenvalue weighted by atomic mass is 9.53. The molecular weight excluding hydrogens is 288 g/mol. The zero-order chi connectivity index (χ0) is 16.3. The highest BCUT2D eigenvalue weighted by atomic mass is 16.5. The Bertz CT molecular complexity index is 527. The predicted octanol–water partition coefficient (Wildman–Crippen LogP) is 1.78. The number of carbonyl (C=O) groups excluding carboxylic acids is 1. The van der Waals surface area contributed by atoms with E-state index in [4.69, 9.17) is 4.74 Å². The van der Waals surface area contributed by atoms with Gasteiger partial charge in [0.05, 0.1) is 11.8 Å². The second-order valence-electron chi connectivity index (χ2n) is 7.76. The van der Waals surface area contributed by atoms with E-state index in [1.165, 1.54) is 0 Å². The number of carbonyl (C=O) groups is 3. The zero-order valence-corrected chi connectivity index (χ0v) is 12.8. The molecule has 3 aliphatic carbocycles. The van der Waals surface area contributed by atoms with Crippen LogP contribution in [0.2, 0.25) is 0 Å². The average Bonchev–Trinajstić information content (AvgIpc) is 2.90. The number of hydrogen-bond donors (Lipinski definition) is 2. The molecule has 2 bridgehead atoms. The van der Waals surface area contributed by atoms with Crippen molar-refractivity contribution in [3.63, 3.8) is 0 Å². The van der Waals surface area contributed by atoms with Crippen molar-refractivity contribution in [2.75, 3.05) is 0 Å². The summed E-state index contributed by atoms with van der Waals surface area (Å²) in [5.74, 6) is -3.74. The van der Waals surface area contributed by atoms with E-state index >= 15 is 0 Å². The number of carboxylic acids is 2. The summed E-state index contributed by atoms with van der Waals surface area (Å²) in [5.41, 5.74) is -0.555. The minimum absolute atomic E-state index is 0.184. The second kappa shape index (κ2) is 4.70. The van der Waals surface area contributed by atoms with E-state index in [0.717, 1.165) is 6.42 Å². The van der Waals surface area contributed by atoms with Crippen molar-refractivity contribution in [1.29, 1.82) is 0 Å². The average molecular weight is 310 g/mol. The maximum absolute atomic E-state index is 11.7. The normalized spacial score (nSPS) is 45.1. The van der Waals surface area contributed by atoms with Crippen LogP contribution in [0, 0.1) is 34.5 Å². The lowest BCUT2D eigenvalue weighted by Crippen LogP contribution is -2.55. The maximum atomic E-state index is 11.7. The highest BCUT2D eigenvalue weighted by molar-refractivity contribution is 5.80. The van der Waals surface area contributed by atoms with E-state index in [9.17, 15) is 24.6 Å². The number of aliphatic carboxylic acids is 2. The van der Waals surface area contributed by atoms with E-state index in [0.29, 0.717) is 25.7 Å². The number of carboxylic acid groups (broad SMARTS) is 2. The van der Waals surface area contributed by atoms with Gasteiger partial charge in [0.25, 0.3) is 6.47 Å². The summed E-state index contributed by atoms with van der Waals surface area (Å²) in [6.07, 6.45) is 2.19. The molecule has 1 spiro atoms. The van der Waals surface area contributed by atoms with Crippen LogP contribution in [0.15, 0.2) is 0 Å². The molecule has 22 heavy (non-hydrogen) atoms. The molecule has 3 saturated carbocycles. The third kappa shape index (κ3) is 1.75. The van der Waals surface area contributed by atoms with Crippen molar-refractivity contribution in [3.05, 3.63) is 0 Å². The van der Waals surface area contributed by atoms with Gasteiger partial charge in [-0.3, -0.25) is 14.4 Å². The number of fused-ring (bicyclic) bond motifs is 1. The number of hydrogen-bond acceptors (Lipinski definition) is 4. The molecule has 122 valence electrons. The molecule has 3 fully saturated rings. The summed E-state index contributed by atoms with van der Waals surface area (Å²) >= 11 is 0. The summed E-state index contributed by atoms with van der Waals surface area (Å²) in [6, 6.07) is 0. The standard InChI is InChI=1S/C16H22O6/c1-15(2)8-5-10-11(13(20)21)9(12(18)19)3-4-16(10,6-8)14(15)22-7-17/h7-11,14H,3-6H2,1-2H3,(H,18,19)(H,20,21). The van der Waals surface area contributed by atoms with Gasteiger partial charge in [0.2, 0.25) is 0 Å². The molecule has 0 aromatic carbocycles. The Kier molecular flexibility index (Phi) is 3.27. The fourth-order valence-electron chi connectivity index (χ4n) is 5.85. The molecule has 0 heterocycles. The van der Waals surface area contributed by atoms with Gasteiger partial charge in [-0.2, -0.15) is 0 Å². The Balaban J connectivity index is 2.02. The highest BCUT2D eigenvalue weighted by Crippen LogP contribution is 2.71. The van der Waals surface area contributed by atoms with Gasteiger partial charge in [-0.15, -0.1) is 0 Å². The van der Waals surface area contributed by atoms with Crippen molar-refractivity contribution in [3.8, 4) is 0 Å². The van der Waals surface area contributed by atoms with Crippen molar-refractivity contribution in [1.82, 2.24) is 0 Å². The van der Waals surface area contributed by atoms with Gasteiger partial charge in [0, 0.05) is 10.8 Å². The summed E-state index contributed by atoms with van der Waals surface area (Å²) in [4.78, 5) is 34.1. The summed E-state index contributed by atoms with van der Waals surface area (Å²) in [7, 11) is 0. The molecule has 6 nitrogen and oxygen atoms in total. The monoisotopic (exact) mass is 310 g/mol. The van der Waals surface area contributed by atoms with Crippen LogP contribution in [-0.2, 0) is 19.1 Å². The largest absolute Gasteiger partial charge is 0.481 e. The molecule has 0 aromatic heterocycles. The lowest BCUT2D eigenvalue weighted by molar-refractivity contribution is -0.180. The van der Waals surface area contributed by atoms with E-state index in [2.05, 4.69) is 13.8 Å². The summed E-state index contributed by atoms with van der Waals surface area (Å²) in [6.45, 7) is 4.59. The van der Waals surface area contributed by atoms with Gasteiger partial charge >= 0.3 is 11.9 Å². The second-order valence-corrected chi connectivity index (χ2v) is 7.76. The van der Waals surface area contributed by atoms with E-state index in [1.807, 2.05) is 0 Å². The zero-order valence-electron chi connectivity index (χ0n) is 12.8. The fraction of sp³-hybridized carbons (Fsp3) is 0.812. The lowest BCUT2D eigenvalue weighted by Gasteiger charge is -2.52. The van der Waals surface area contributed by atoms with Crippen LogP contribution in [0.1, 0.15) is 39.5 Å². The van der Waals surface area contributed by atoms with Crippen molar-refractivity contribution in [2.24, 2.45) is 34.5 Å². The molecule has 6 atom stereocenters. The van der Waals surface area contributed by atoms with E-state index in [-0.39, 0.29) is 28.8 Å². The summed E-state index contributed by atoms with van der Waals surface area (Å²) in [5, 5.41) is 19.0. The molecule has 0 radical (unpaired) electrons. The Labute approximate surface area is 128 Å². The molecule has 3 aliphatic rings. The first kappa shape index (κ1) is 15.3. The molecule has 0 aliphatic heterocycles. The molecule has 6 unspecified atom stereocenters. The maximum Gasteiger partial charge on any atom is 0.307 e. The van der Waals surface area contributed by atoms with Gasteiger partial charge in [-0.1, -0.05) is 13.8 Å². The quantitative estimate of drug-likeness (QED) is 0.768. The first-order chi connectivity index (χ1) is 10.3. The molecule has 3 rings (SSSR count). The first-order valence-corrected chi connectivity index (χ1v) is 7.80. The van der Waals surface area contributed by atoms with Crippen LogP contribution in [0.3, 0.4) is 0 Å². The number of ether oxygens (including phenoxy) is 1. The highest BCUT2D eigenvalue weighted by Gasteiger charge is 2.71. The van der Waals surface area contributed by atoms with Crippen LogP contribution in [0.5, 0.6) is 0 Å². The molecule has 2 N–H and O–H groups in total. The van der Waals surface area contributed by atoms with Gasteiger partial charge in [-0.05, 0) is 37.5 Å². The Hall–Kier alpha value is -1.59. The van der Waals surface area contributed by atoms with Crippen LogP contribution in [0.25, 0.3) is 0 Å². The fourth-order valence-corrected chi connectivity index (χ4v) is 5.85. The number of rotatable bonds is 4. The van der Waals surface area contributed by atoms with Gasteiger partial charge in [0.1, 0.15) is 6.10 Å². The topological polar surface area (TPSA) is 101 Å². The van der Waals surface area contributed by atoms with Crippen LogP contribution in [-0.4, -0.2) is 34.7 Å². The van der Waals surface area contributed by atoms with E-state index in [1.54, 1.807) is 0 Å². The third-order valence-electron chi connectivity index (χ3n) is 6.74. The van der Waals surface area contributed by atoms with Crippen LogP contribution >= 0.6 is 0 Å². The van der Waals surface area contributed by atoms with E-state index < -0.39 is 23.8 Å². The Morgan fingerprint density at radius 3 is 2.45 bits per heavy atom. The van der Waals surface area contributed by atoms with Crippen LogP contribution < -0.4 is 0 Å². The van der Waals surface area contributed by atoms with Gasteiger partial charge < -0.3 is 14.9 Å². The molecule has 0 aromatic rings. The predicted molar refractivity (Wildman–Crippen MR) is 74.9 cm³/mol. The Morgan fingerprint density at radius 2 is 1.91 bits per heavy atom. The smallest absolute Gasteiger partial charge is 0.307 e.